The van der Waals surface area contributed by atoms with Crippen molar-refractivity contribution in [3.05, 3.63) is 40.9 Å². The normalized spacial score (nSPS) is 41.1. The number of hydrogen-bond donors (Lipinski definition) is 1. The molecule has 1 aromatic rings. The number of carbonyl (C=O) groups excluding carboxylic acids is 1. The van der Waals surface area contributed by atoms with Crippen LogP contribution in [0, 0.1) is 46.3 Å². The van der Waals surface area contributed by atoms with Crippen LogP contribution in [-0.4, -0.2) is 74.4 Å². The summed E-state index contributed by atoms with van der Waals surface area (Å²) in [5.41, 5.74) is 2.46. The third kappa shape index (κ3) is 7.34. The molecule has 1 spiro atoms. The summed E-state index contributed by atoms with van der Waals surface area (Å²) in [5, 5.41) is 10.9. The van der Waals surface area contributed by atoms with Crippen molar-refractivity contribution in [3.63, 3.8) is 0 Å². The van der Waals surface area contributed by atoms with E-state index in [0.717, 1.165) is 37.7 Å². The number of ether oxygens (including phenoxy) is 4. The van der Waals surface area contributed by atoms with Crippen molar-refractivity contribution < 1.29 is 28.8 Å². The first kappa shape index (κ1) is 37.9. The first-order valence-electron chi connectivity index (χ1n) is 18.2. The van der Waals surface area contributed by atoms with Crippen molar-refractivity contribution in [1.82, 2.24) is 4.90 Å². The highest BCUT2D eigenvalue weighted by atomic mass is 35.5. The summed E-state index contributed by atoms with van der Waals surface area (Å²) < 4.78 is 23.5. The number of aliphatic hydroxyl groups is 1. The number of likely N-dealkylation sites (N-methyl/N-ethyl adjacent to an activating group) is 1. The van der Waals surface area contributed by atoms with E-state index < -0.39 is 0 Å². The van der Waals surface area contributed by atoms with Gasteiger partial charge in [0.15, 0.2) is 12.4 Å². The second-order valence-corrected chi connectivity index (χ2v) is 16.9. The molecular weight excluding hydrogens is 649 g/mol. The minimum atomic E-state index is -0.373. The van der Waals surface area contributed by atoms with Crippen molar-refractivity contribution in [2.24, 2.45) is 46.3 Å². The molecule has 7 nitrogen and oxygen atoms in total. The summed E-state index contributed by atoms with van der Waals surface area (Å²) in [6.07, 6.45) is 13.6. The van der Waals surface area contributed by atoms with E-state index in [9.17, 15) is 9.90 Å². The number of rotatable bonds is 6. The van der Waals surface area contributed by atoms with E-state index in [1.54, 1.807) is 29.8 Å². The molecule has 6 aliphatic rings. The topological polar surface area (TPSA) is 77.5 Å². The molecule has 7 rings (SSSR count). The molecule has 0 amide bonds. The Labute approximate surface area is 299 Å². The maximum absolute atomic E-state index is 11.3. The zero-order valence-electron chi connectivity index (χ0n) is 29.9. The van der Waals surface area contributed by atoms with Crippen molar-refractivity contribution >= 4 is 30.0 Å². The number of halogens is 2. The van der Waals surface area contributed by atoms with Crippen LogP contribution in [0.15, 0.2) is 35.9 Å². The van der Waals surface area contributed by atoms with Gasteiger partial charge in [-0.25, -0.2) is 4.79 Å². The van der Waals surface area contributed by atoms with E-state index in [2.05, 4.69) is 33.8 Å². The Morgan fingerprint density at radius 3 is 2.50 bits per heavy atom. The van der Waals surface area contributed by atoms with Gasteiger partial charge in [-0.15, -0.1) is 12.4 Å². The highest BCUT2D eigenvalue weighted by Gasteiger charge is 2.67. The van der Waals surface area contributed by atoms with Crippen LogP contribution < -0.4 is 4.74 Å². The molecule has 0 aromatic heterocycles. The van der Waals surface area contributed by atoms with Crippen LogP contribution in [-0.2, 0) is 19.0 Å². The van der Waals surface area contributed by atoms with Gasteiger partial charge < -0.3 is 29.0 Å². The first-order valence-corrected chi connectivity index (χ1v) is 18.6. The number of allylic oxidation sites excluding steroid dienone is 2. The van der Waals surface area contributed by atoms with Crippen molar-refractivity contribution in [1.29, 1.82) is 0 Å². The minimum Gasteiger partial charge on any atom is -0.482 e. The number of esters is 1. The van der Waals surface area contributed by atoms with Crippen LogP contribution in [0.25, 0.3) is 0 Å². The van der Waals surface area contributed by atoms with Gasteiger partial charge in [0.1, 0.15) is 12.4 Å². The molecule has 270 valence electrons. The van der Waals surface area contributed by atoms with Gasteiger partial charge >= 0.3 is 5.97 Å². The third-order valence-corrected chi connectivity index (χ3v) is 13.5. The Bertz CT molecular complexity index is 1280. The zero-order valence-corrected chi connectivity index (χ0v) is 31.5. The van der Waals surface area contributed by atoms with Gasteiger partial charge in [-0.2, -0.15) is 0 Å². The predicted molar refractivity (Wildman–Crippen MR) is 191 cm³/mol. The van der Waals surface area contributed by atoms with Crippen LogP contribution in [0.1, 0.15) is 85.5 Å². The number of nitrogens with zero attached hydrogens (tertiary/aromatic N) is 1. The fourth-order valence-electron chi connectivity index (χ4n) is 10.6. The van der Waals surface area contributed by atoms with E-state index >= 15 is 0 Å². The second-order valence-electron chi connectivity index (χ2n) is 16.4. The second kappa shape index (κ2) is 15.1. The Hall–Kier alpha value is -1.35. The molecule has 0 bridgehead atoms. The molecule has 0 radical (unpaired) electrons. The lowest BCUT2D eigenvalue weighted by Gasteiger charge is -2.57. The monoisotopic (exact) mass is 707 g/mol. The lowest BCUT2D eigenvalue weighted by atomic mass is 9.48. The number of hydrogen-bond acceptors (Lipinski definition) is 7. The van der Waals surface area contributed by atoms with Gasteiger partial charge in [-0.05, 0) is 130 Å². The Morgan fingerprint density at radius 1 is 1.06 bits per heavy atom. The quantitative estimate of drug-likeness (QED) is 0.238. The van der Waals surface area contributed by atoms with Crippen LogP contribution in [0.5, 0.6) is 5.75 Å². The van der Waals surface area contributed by atoms with Gasteiger partial charge in [-0.1, -0.05) is 50.9 Å². The van der Waals surface area contributed by atoms with Gasteiger partial charge in [0.2, 0.25) is 0 Å². The lowest BCUT2D eigenvalue weighted by molar-refractivity contribution is -0.272. The molecule has 2 heterocycles. The smallest absolute Gasteiger partial charge is 0.344 e. The largest absolute Gasteiger partial charge is 0.482 e. The van der Waals surface area contributed by atoms with Gasteiger partial charge in [0.05, 0.1) is 18.8 Å². The zero-order chi connectivity index (χ0) is 33.6. The molecule has 11 unspecified atom stereocenters. The fourth-order valence-corrected chi connectivity index (χ4v) is 10.7. The van der Waals surface area contributed by atoms with Crippen molar-refractivity contribution in [2.75, 3.05) is 40.5 Å². The Kier molecular flexibility index (Phi) is 11.9. The summed E-state index contributed by atoms with van der Waals surface area (Å²) in [4.78, 5) is 13.2. The van der Waals surface area contributed by atoms with E-state index in [0.29, 0.717) is 64.5 Å². The van der Waals surface area contributed by atoms with Crippen LogP contribution in [0.3, 0.4) is 0 Å². The van der Waals surface area contributed by atoms with Gasteiger partial charge in [-0.3, -0.25) is 0 Å². The summed E-state index contributed by atoms with van der Waals surface area (Å²) in [6, 6.07) is 6.81. The average molecular weight is 709 g/mol. The first-order chi connectivity index (χ1) is 22.3. The van der Waals surface area contributed by atoms with E-state index in [1.165, 1.54) is 38.5 Å². The maximum Gasteiger partial charge on any atom is 0.344 e. The fraction of sp³-hybridized carbons (Fsp3) is 0.769. The molecule has 5 fully saturated rings. The summed E-state index contributed by atoms with van der Waals surface area (Å²) in [6.45, 7) is 11.7. The number of aliphatic hydroxyl groups excluding tert-OH is 1. The molecular formula is C39H59Cl2NO6. The lowest BCUT2D eigenvalue weighted by Crippen LogP contribution is -2.50. The number of benzene rings is 1. The molecule has 2 aliphatic heterocycles. The Morgan fingerprint density at radius 2 is 1.81 bits per heavy atom. The van der Waals surface area contributed by atoms with Crippen molar-refractivity contribution in [2.45, 2.75) is 103 Å². The highest BCUT2D eigenvalue weighted by molar-refractivity contribution is 6.30. The van der Waals surface area contributed by atoms with Gasteiger partial charge in [0.25, 0.3) is 0 Å². The molecule has 9 heteroatoms. The summed E-state index contributed by atoms with van der Waals surface area (Å²) >= 11 is 5.72. The average Bonchev–Trinajstić information content (AvgIpc) is 3.48. The molecule has 48 heavy (non-hydrogen) atoms. The third-order valence-electron chi connectivity index (χ3n) is 13.2. The van der Waals surface area contributed by atoms with Crippen LogP contribution in [0.4, 0.5) is 0 Å². The molecule has 1 aromatic carbocycles. The van der Waals surface area contributed by atoms with Crippen LogP contribution >= 0.6 is 24.0 Å². The Balaban J connectivity index is 0.000000216. The number of fused-ring (bicyclic) bond motifs is 7. The SMILES string of the molecule is CC1CCC2(OC1)OC1CC3C4CCC5CC(O)CCC5(C)C4=CCC3(C)C1C2C.CN(C)CCOC(=O)COc1ccc(Cl)cc1.Cl. The molecule has 2 saturated heterocycles. The van der Waals surface area contributed by atoms with Crippen LogP contribution in [0.2, 0.25) is 5.02 Å². The van der Waals surface area contributed by atoms with E-state index in [-0.39, 0.29) is 36.9 Å². The molecule has 1 N–H and O–H groups in total. The van der Waals surface area contributed by atoms with Gasteiger partial charge in [0, 0.05) is 23.9 Å². The summed E-state index contributed by atoms with van der Waals surface area (Å²) in [7, 11) is 3.83. The standard InChI is InChI=1S/C27H42O3.C12H16ClNO3.ClH/c1-16-7-12-27(29-15-16)17(2)24-23(30-27)14-22-20-6-5-18-13-19(28)8-10-25(18,3)21(20)9-11-26(22,24)4;1-14(2)7-8-16-12(15)9-17-11-5-3-10(13)4-6-11;/h9,16-20,22-24,28H,5-8,10-15H2,1-4H3;3-6H,7-9H2,1-2H3;1H. The summed E-state index contributed by atoms with van der Waals surface area (Å²) in [5.74, 6) is 3.91. The van der Waals surface area contributed by atoms with Crippen molar-refractivity contribution in [3.8, 4) is 5.75 Å². The molecule has 11 atom stereocenters. The van der Waals surface area contributed by atoms with E-state index in [1.807, 2.05) is 19.0 Å². The molecule has 4 aliphatic carbocycles. The van der Waals surface area contributed by atoms with E-state index in [4.69, 9.17) is 30.5 Å². The maximum atomic E-state index is 11.3. The number of carbonyl (C=O) groups is 1. The predicted octanol–water partition coefficient (Wildman–Crippen LogP) is 7.96. The minimum absolute atomic E-state index is 0. The molecule has 3 saturated carbocycles. The highest BCUT2D eigenvalue weighted by Crippen LogP contribution is 2.69.